The van der Waals surface area contributed by atoms with Gasteiger partial charge < -0.3 is 0 Å². The maximum absolute atomic E-state index is 2.42. The van der Waals surface area contributed by atoms with Gasteiger partial charge in [0.1, 0.15) is 0 Å². The van der Waals surface area contributed by atoms with Gasteiger partial charge in [-0.3, -0.25) is 0 Å². The van der Waals surface area contributed by atoms with Crippen LogP contribution >= 0.6 is 21.6 Å². The van der Waals surface area contributed by atoms with Crippen LogP contribution in [0.25, 0.3) is 0 Å². The first-order chi connectivity index (χ1) is 9.80. The third kappa shape index (κ3) is 3.95. The normalized spacial score (nSPS) is 21.8. The van der Waals surface area contributed by atoms with E-state index >= 15 is 0 Å². The first-order valence-electron chi connectivity index (χ1n) is 7.54. The van der Waals surface area contributed by atoms with E-state index in [0.29, 0.717) is 0 Å². The average Bonchev–Trinajstić information content (AvgIpc) is 2.49. The van der Waals surface area contributed by atoms with E-state index in [1.807, 2.05) is 21.6 Å². The van der Waals surface area contributed by atoms with Crippen LogP contribution in [0.2, 0.25) is 0 Å². The van der Waals surface area contributed by atoms with Crippen LogP contribution in [0.15, 0.2) is 53.5 Å². The first-order valence-corrected chi connectivity index (χ1v) is 9.86. The molecule has 1 aliphatic rings. The molecule has 0 aliphatic heterocycles. The van der Waals surface area contributed by atoms with Gasteiger partial charge in [-0.2, -0.15) is 0 Å². The molecule has 1 atom stereocenters. The van der Waals surface area contributed by atoms with Gasteiger partial charge in [0, 0.05) is 11.2 Å². The molecule has 2 rings (SSSR count). The molecule has 0 saturated carbocycles. The molecular formula is C18H24S2. The highest BCUT2D eigenvalue weighted by Crippen LogP contribution is 2.45. The van der Waals surface area contributed by atoms with Gasteiger partial charge in [-0.1, -0.05) is 90.4 Å². The molecule has 1 aromatic carbocycles. The molecule has 0 saturated heterocycles. The van der Waals surface area contributed by atoms with Crippen molar-refractivity contribution in [3.63, 3.8) is 0 Å². The molecule has 0 fully saturated rings. The van der Waals surface area contributed by atoms with Crippen LogP contribution in [-0.2, 0) is 5.41 Å². The number of allylic oxidation sites excluding steroid dienone is 4. The van der Waals surface area contributed by atoms with Gasteiger partial charge in [0.2, 0.25) is 0 Å². The van der Waals surface area contributed by atoms with Crippen molar-refractivity contribution in [3.05, 3.63) is 59.0 Å². The summed E-state index contributed by atoms with van der Waals surface area (Å²) in [6.45, 7) is 4.53. The summed E-state index contributed by atoms with van der Waals surface area (Å²) in [5, 5.41) is 0. The molecule has 0 amide bonds. The van der Waals surface area contributed by atoms with E-state index in [0.717, 1.165) is 6.42 Å². The summed E-state index contributed by atoms with van der Waals surface area (Å²) in [4.78, 5) is 1.52. The maximum atomic E-state index is 2.42. The van der Waals surface area contributed by atoms with Gasteiger partial charge in [-0.25, -0.2) is 0 Å². The lowest BCUT2D eigenvalue weighted by molar-refractivity contribution is 0.482. The topological polar surface area (TPSA) is 0 Å². The molecule has 0 aromatic heterocycles. The van der Waals surface area contributed by atoms with E-state index in [1.165, 1.54) is 35.5 Å². The van der Waals surface area contributed by atoms with E-state index in [-0.39, 0.29) is 5.41 Å². The van der Waals surface area contributed by atoms with Crippen LogP contribution in [0.3, 0.4) is 0 Å². The molecule has 1 aromatic rings. The van der Waals surface area contributed by atoms with Crippen molar-refractivity contribution in [1.29, 1.82) is 0 Å². The summed E-state index contributed by atoms with van der Waals surface area (Å²) < 4.78 is 0. The smallest absolute Gasteiger partial charge is 0.0180 e. The van der Waals surface area contributed by atoms with E-state index in [9.17, 15) is 0 Å². The summed E-state index contributed by atoms with van der Waals surface area (Å²) in [7, 11) is 3.96. The Morgan fingerprint density at radius 2 is 1.90 bits per heavy atom. The Morgan fingerprint density at radius 3 is 2.60 bits per heavy atom. The van der Waals surface area contributed by atoms with Crippen molar-refractivity contribution >= 4 is 21.6 Å². The number of hydrogen-bond acceptors (Lipinski definition) is 2. The molecular weight excluding hydrogens is 280 g/mol. The van der Waals surface area contributed by atoms with E-state index < -0.39 is 0 Å². The van der Waals surface area contributed by atoms with Gasteiger partial charge in [0.15, 0.2) is 0 Å². The Labute approximate surface area is 131 Å². The van der Waals surface area contributed by atoms with Crippen molar-refractivity contribution < 1.29 is 0 Å². The molecule has 108 valence electrons. The largest absolute Gasteiger partial charge is 0.0893 e. The summed E-state index contributed by atoms with van der Waals surface area (Å²) in [6.07, 6.45) is 11.8. The molecule has 0 nitrogen and oxygen atoms in total. The van der Waals surface area contributed by atoms with Gasteiger partial charge in [0.25, 0.3) is 0 Å². The second-order valence-corrected chi connectivity index (χ2v) is 7.89. The number of hydrogen-bond donors (Lipinski definition) is 0. The Hall–Kier alpha value is -0.600. The Kier molecular flexibility index (Phi) is 6.31. The highest BCUT2D eigenvalue weighted by Gasteiger charge is 2.31. The molecule has 0 N–H and O–H groups in total. The molecule has 0 radical (unpaired) electrons. The Bertz CT molecular complexity index is 462. The fourth-order valence-corrected chi connectivity index (χ4v) is 5.16. The molecule has 0 heterocycles. The molecule has 2 heteroatoms. The van der Waals surface area contributed by atoms with Crippen molar-refractivity contribution in [2.45, 2.75) is 44.9 Å². The highest BCUT2D eigenvalue weighted by atomic mass is 33.1. The monoisotopic (exact) mass is 304 g/mol. The van der Waals surface area contributed by atoms with Gasteiger partial charge >= 0.3 is 0 Å². The zero-order valence-corrected chi connectivity index (χ0v) is 14.1. The van der Waals surface area contributed by atoms with Crippen LogP contribution in [0.5, 0.6) is 0 Å². The third-order valence-electron chi connectivity index (χ3n) is 3.69. The van der Waals surface area contributed by atoms with E-state index in [1.54, 1.807) is 0 Å². The lowest BCUT2D eigenvalue weighted by Crippen LogP contribution is -2.25. The molecule has 0 spiro atoms. The molecule has 0 bridgehead atoms. The lowest BCUT2D eigenvalue weighted by Gasteiger charge is -2.34. The number of benzene rings is 1. The van der Waals surface area contributed by atoms with Gasteiger partial charge in [0.05, 0.1) is 0 Å². The lowest BCUT2D eigenvalue weighted by atomic mass is 9.72. The van der Waals surface area contributed by atoms with Crippen molar-refractivity contribution in [1.82, 2.24) is 0 Å². The summed E-state index contributed by atoms with van der Waals surface area (Å²) in [6, 6.07) is 11.0. The van der Waals surface area contributed by atoms with Crippen molar-refractivity contribution in [3.8, 4) is 0 Å². The van der Waals surface area contributed by atoms with Crippen molar-refractivity contribution in [2.24, 2.45) is 0 Å². The third-order valence-corrected chi connectivity index (χ3v) is 6.37. The summed E-state index contributed by atoms with van der Waals surface area (Å²) in [5.74, 6) is 1.23. The minimum absolute atomic E-state index is 0.208. The zero-order chi connectivity index (χ0) is 14.3. The van der Waals surface area contributed by atoms with Crippen molar-refractivity contribution in [2.75, 3.05) is 5.75 Å². The molecule has 1 unspecified atom stereocenters. The van der Waals surface area contributed by atoms with Crippen LogP contribution in [0.1, 0.15) is 45.1 Å². The number of rotatable bonds is 7. The minimum atomic E-state index is 0.208. The van der Waals surface area contributed by atoms with Gasteiger partial charge in [-0.05, 0) is 29.7 Å². The second kappa shape index (κ2) is 7.99. The molecule has 1 aliphatic carbocycles. The van der Waals surface area contributed by atoms with Crippen LogP contribution < -0.4 is 0 Å². The SMILES string of the molecule is CCCSSC1=CC=CC(CCC)(c2ccccc2)C1. The van der Waals surface area contributed by atoms with E-state index in [2.05, 4.69) is 62.4 Å². The zero-order valence-electron chi connectivity index (χ0n) is 12.5. The highest BCUT2D eigenvalue weighted by molar-refractivity contribution is 8.78. The standard InChI is InChI=1S/C18H24S2/c1-3-12-18(16-9-6-5-7-10-16)13-8-11-17(15-18)20-19-14-4-2/h5-11,13H,3-4,12,14-15H2,1-2H3. The molecule has 20 heavy (non-hydrogen) atoms. The van der Waals surface area contributed by atoms with Crippen LogP contribution in [0, 0.1) is 0 Å². The predicted molar refractivity (Wildman–Crippen MR) is 95.2 cm³/mol. The fourth-order valence-electron chi connectivity index (χ4n) is 2.76. The van der Waals surface area contributed by atoms with Crippen LogP contribution in [0.4, 0.5) is 0 Å². The fraction of sp³-hybridized carbons (Fsp3) is 0.444. The summed E-state index contributed by atoms with van der Waals surface area (Å²) in [5.41, 5.74) is 1.67. The predicted octanol–water partition coefficient (Wildman–Crippen LogP) is 6.36. The average molecular weight is 305 g/mol. The maximum Gasteiger partial charge on any atom is 0.0180 e. The van der Waals surface area contributed by atoms with Gasteiger partial charge in [-0.15, -0.1) is 0 Å². The minimum Gasteiger partial charge on any atom is -0.0893 e. The first kappa shape index (κ1) is 15.8. The summed E-state index contributed by atoms with van der Waals surface area (Å²) >= 11 is 0. The van der Waals surface area contributed by atoms with Crippen LogP contribution in [-0.4, -0.2) is 5.75 Å². The second-order valence-electron chi connectivity index (χ2n) is 5.35. The van der Waals surface area contributed by atoms with E-state index in [4.69, 9.17) is 0 Å². The Balaban J connectivity index is 2.15. The Morgan fingerprint density at radius 1 is 1.10 bits per heavy atom. The quantitative estimate of drug-likeness (QED) is 0.424.